The van der Waals surface area contributed by atoms with Crippen LogP contribution in [0.2, 0.25) is 0 Å². The molecule has 0 aromatic carbocycles. The second-order valence-electron chi connectivity index (χ2n) is 2.02. The van der Waals surface area contributed by atoms with Gasteiger partial charge in [0, 0.05) is 12.5 Å². The van der Waals surface area contributed by atoms with Crippen molar-refractivity contribution in [2.75, 3.05) is 7.11 Å². The number of carbonyl (C=O) groups is 1. The lowest BCUT2D eigenvalue weighted by atomic mass is 10.3. The molecule has 0 amide bonds. The number of aromatic nitrogens is 1. The second kappa shape index (κ2) is 3.18. The fraction of sp³-hybridized carbons (Fsp3) is 0.429. The van der Waals surface area contributed by atoms with Gasteiger partial charge in [0.25, 0.3) is 0 Å². The summed E-state index contributed by atoms with van der Waals surface area (Å²) in [5.41, 5.74) is 0.226. The topological polar surface area (TPSA) is 52.3 Å². The van der Waals surface area contributed by atoms with E-state index in [0.29, 0.717) is 5.76 Å². The van der Waals surface area contributed by atoms with Gasteiger partial charge in [-0.1, -0.05) is 12.1 Å². The molecule has 0 N–H and O–H groups in total. The summed E-state index contributed by atoms with van der Waals surface area (Å²) in [6.07, 6.45) is 0.726. The Labute approximate surface area is 64.1 Å². The van der Waals surface area contributed by atoms with Crippen LogP contribution >= 0.6 is 0 Å². The molecular formula is C7H9NO3. The summed E-state index contributed by atoms with van der Waals surface area (Å²) in [4.78, 5) is 10.8. The number of esters is 1. The van der Waals surface area contributed by atoms with Crippen molar-refractivity contribution in [1.82, 2.24) is 5.16 Å². The van der Waals surface area contributed by atoms with Gasteiger partial charge < -0.3 is 9.26 Å². The molecular weight excluding hydrogens is 146 g/mol. The van der Waals surface area contributed by atoms with Crippen molar-refractivity contribution in [2.24, 2.45) is 0 Å². The van der Waals surface area contributed by atoms with Crippen LogP contribution in [0.1, 0.15) is 23.2 Å². The fourth-order valence-corrected chi connectivity index (χ4v) is 0.680. The van der Waals surface area contributed by atoms with Crippen LogP contribution in [0.25, 0.3) is 0 Å². The first-order valence-electron chi connectivity index (χ1n) is 3.31. The minimum Gasteiger partial charge on any atom is -0.464 e. The van der Waals surface area contributed by atoms with Crippen LogP contribution in [0.5, 0.6) is 0 Å². The highest BCUT2D eigenvalue weighted by atomic mass is 16.5. The molecule has 1 rings (SSSR count). The predicted molar refractivity (Wildman–Crippen MR) is 37.2 cm³/mol. The van der Waals surface area contributed by atoms with E-state index < -0.39 is 5.97 Å². The molecule has 1 aromatic rings. The van der Waals surface area contributed by atoms with Gasteiger partial charge >= 0.3 is 5.97 Å². The molecule has 4 nitrogen and oxygen atoms in total. The molecule has 4 heteroatoms. The SMILES string of the molecule is CCc1cc(C(=O)OC)no1. The summed E-state index contributed by atoms with van der Waals surface area (Å²) < 4.78 is 9.22. The second-order valence-corrected chi connectivity index (χ2v) is 2.02. The van der Waals surface area contributed by atoms with E-state index >= 15 is 0 Å². The van der Waals surface area contributed by atoms with Gasteiger partial charge in [0.2, 0.25) is 0 Å². The van der Waals surface area contributed by atoms with E-state index in [4.69, 9.17) is 4.52 Å². The van der Waals surface area contributed by atoms with Crippen LogP contribution in [-0.2, 0) is 11.2 Å². The molecule has 0 spiro atoms. The van der Waals surface area contributed by atoms with E-state index in [0.717, 1.165) is 6.42 Å². The number of methoxy groups -OCH3 is 1. The fourth-order valence-electron chi connectivity index (χ4n) is 0.680. The number of hydrogen-bond acceptors (Lipinski definition) is 4. The lowest BCUT2D eigenvalue weighted by Crippen LogP contribution is -2.00. The van der Waals surface area contributed by atoms with E-state index in [-0.39, 0.29) is 5.69 Å². The molecule has 0 fully saturated rings. The highest BCUT2D eigenvalue weighted by Crippen LogP contribution is 2.04. The monoisotopic (exact) mass is 155 g/mol. The Bertz CT molecular complexity index is 254. The first kappa shape index (κ1) is 7.78. The first-order chi connectivity index (χ1) is 5.27. The molecule has 11 heavy (non-hydrogen) atoms. The van der Waals surface area contributed by atoms with Gasteiger partial charge in [-0.2, -0.15) is 0 Å². The van der Waals surface area contributed by atoms with Gasteiger partial charge in [0.05, 0.1) is 7.11 Å². The summed E-state index contributed by atoms with van der Waals surface area (Å²) in [7, 11) is 1.31. The maximum Gasteiger partial charge on any atom is 0.360 e. The molecule has 60 valence electrons. The van der Waals surface area contributed by atoms with Gasteiger partial charge in [0.15, 0.2) is 5.69 Å². The maximum absolute atomic E-state index is 10.8. The van der Waals surface area contributed by atoms with Crippen molar-refractivity contribution >= 4 is 5.97 Å². The van der Waals surface area contributed by atoms with Gasteiger partial charge in [-0.05, 0) is 0 Å². The van der Waals surface area contributed by atoms with E-state index in [2.05, 4.69) is 9.89 Å². The normalized spacial score (nSPS) is 9.64. The summed E-state index contributed by atoms with van der Waals surface area (Å²) in [6, 6.07) is 1.58. The summed E-state index contributed by atoms with van der Waals surface area (Å²) in [5.74, 6) is 0.221. The summed E-state index contributed by atoms with van der Waals surface area (Å²) in [5, 5.41) is 3.51. The Kier molecular flexibility index (Phi) is 2.25. The Morgan fingerprint density at radius 3 is 3.00 bits per heavy atom. The third-order valence-corrected chi connectivity index (χ3v) is 1.30. The zero-order valence-electron chi connectivity index (χ0n) is 6.46. The molecule has 0 saturated heterocycles. The van der Waals surface area contributed by atoms with Crippen molar-refractivity contribution in [1.29, 1.82) is 0 Å². The average molecular weight is 155 g/mol. The highest BCUT2D eigenvalue weighted by Gasteiger charge is 2.10. The summed E-state index contributed by atoms with van der Waals surface area (Å²) >= 11 is 0. The van der Waals surface area contributed by atoms with Gasteiger partial charge in [-0.15, -0.1) is 0 Å². The van der Waals surface area contributed by atoms with Crippen LogP contribution < -0.4 is 0 Å². The standard InChI is InChI=1S/C7H9NO3/c1-3-5-4-6(8-11-5)7(9)10-2/h4H,3H2,1-2H3. The molecule has 0 aliphatic heterocycles. The number of nitrogens with zero attached hydrogens (tertiary/aromatic N) is 1. The maximum atomic E-state index is 10.8. The third kappa shape index (κ3) is 1.58. The Hall–Kier alpha value is -1.32. The first-order valence-corrected chi connectivity index (χ1v) is 3.31. The summed E-state index contributed by atoms with van der Waals surface area (Å²) in [6.45, 7) is 1.92. The largest absolute Gasteiger partial charge is 0.464 e. The van der Waals surface area contributed by atoms with Crippen LogP contribution in [0.4, 0.5) is 0 Å². The Morgan fingerprint density at radius 1 is 1.82 bits per heavy atom. The number of ether oxygens (including phenoxy) is 1. The van der Waals surface area contributed by atoms with Gasteiger partial charge in [0.1, 0.15) is 5.76 Å². The van der Waals surface area contributed by atoms with Crippen LogP contribution in [0, 0.1) is 0 Å². The van der Waals surface area contributed by atoms with Crippen LogP contribution in [0.3, 0.4) is 0 Å². The average Bonchev–Trinajstić information content (AvgIpc) is 2.50. The zero-order valence-corrected chi connectivity index (χ0v) is 6.46. The smallest absolute Gasteiger partial charge is 0.360 e. The predicted octanol–water partition coefficient (Wildman–Crippen LogP) is 1.02. The quantitative estimate of drug-likeness (QED) is 0.598. The number of rotatable bonds is 2. The van der Waals surface area contributed by atoms with E-state index in [1.54, 1.807) is 6.07 Å². The number of hydrogen-bond donors (Lipinski definition) is 0. The lowest BCUT2D eigenvalue weighted by Gasteiger charge is -1.88. The van der Waals surface area contributed by atoms with E-state index in [1.807, 2.05) is 6.92 Å². The molecule has 0 unspecified atom stereocenters. The molecule has 0 radical (unpaired) electrons. The lowest BCUT2D eigenvalue weighted by molar-refractivity contribution is 0.0589. The number of aryl methyl sites for hydroxylation is 1. The molecule has 0 aliphatic rings. The zero-order chi connectivity index (χ0) is 8.27. The van der Waals surface area contributed by atoms with Crippen LogP contribution in [-0.4, -0.2) is 18.2 Å². The molecule has 1 aromatic heterocycles. The van der Waals surface area contributed by atoms with Gasteiger partial charge in [-0.3, -0.25) is 0 Å². The van der Waals surface area contributed by atoms with Crippen LogP contribution in [0.15, 0.2) is 10.6 Å². The number of carbonyl (C=O) groups excluding carboxylic acids is 1. The van der Waals surface area contributed by atoms with Crippen molar-refractivity contribution in [3.63, 3.8) is 0 Å². The molecule has 0 bridgehead atoms. The molecule has 0 saturated carbocycles. The minimum absolute atomic E-state index is 0.226. The molecule has 0 aliphatic carbocycles. The van der Waals surface area contributed by atoms with E-state index in [1.165, 1.54) is 7.11 Å². The minimum atomic E-state index is -0.464. The third-order valence-electron chi connectivity index (χ3n) is 1.30. The molecule has 0 atom stereocenters. The highest BCUT2D eigenvalue weighted by molar-refractivity contribution is 5.86. The molecule has 1 heterocycles. The van der Waals surface area contributed by atoms with Crippen molar-refractivity contribution in [2.45, 2.75) is 13.3 Å². The Morgan fingerprint density at radius 2 is 2.55 bits per heavy atom. The van der Waals surface area contributed by atoms with Gasteiger partial charge in [-0.25, -0.2) is 4.79 Å². The van der Waals surface area contributed by atoms with E-state index in [9.17, 15) is 4.79 Å². The van der Waals surface area contributed by atoms with Crippen molar-refractivity contribution < 1.29 is 14.1 Å². The van der Waals surface area contributed by atoms with Crippen molar-refractivity contribution in [3.8, 4) is 0 Å². The Balaban J connectivity index is 2.80. The van der Waals surface area contributed by atoms with Crippen molar-refractivity contribution in [3.05, 3.63) is 17.5 Å².